The number of thiazole rings is 1. The first kappa shape index (κ1) is 15.5. The molecular formula is C9H17N3O3S3. The quantitative estimate of drug-likeness (QED) is 0.795. The lowest BCUT2D eigenvalue weighted by atomic mass is 10.3. The predicted molar refractivity (Wildman–Crippen MR) is 74.6 cm³/mol. The van der Waals surface area contributed by atoms with E-state index in [0.717, 1.165) is 11.3 Å². The number of sulfonamides is 1. The van der Waals surface area contributed by atoms with E-state index < -0.39 is 20.8 Å². The molecule has 1 aromatic heterocycles. The van der Waals surface area contributed by atoms with Gasteiger partial charge in [-0.3, -0.25) is 4.21 Å². The Balaban J connectivity index is 2.76. The van der Waals surface area contributed by atoms with Gasteiger partial charge in [-0.1, -0.05) is 11.3 Å². The van der Waals surface area contributed by atoms with E-state index in [0.29, 0.717) is 17.9 Å². The number of hydrogen-bond acceptors (Lipinski definition) is 6. The fourth-order valence-electron chi connectivity index (χ4n) is 1.37. The number of anilines is 1. The Bertz CT molecular complexity index is 538. The van der Waals surface area contributed by atoms with Crippen molar-refractivity contribution in [2.45, 2.75) is 30.5 Å². The van der Waals surface area contributed by atoms with Crippen LogP contribution in [0.3, 0.4) is 0 Å². The number of rotatable bonds is 6. The third-order valence-electron chi connectivity index (χ3n) is 2.21. The summed E-state index contributed by atoms with van der Waals surface area (Å²) in [5.74, 6) is 0.466. The molecule has 1 aromatic rings. The lowest BCUT2D eigenvalue weighted by Gasteiger charge is -2.12. The van der Waals surface area contributed by atoms with Crippen molar-refractivity contribution in [2.75, 3.05) is 17.7 Å². The molecule has 1 rings (SSSR count). The van der Waals surface area contributed by atoms with E-state index >= 15 is 0 Å². The number of nitrogens with one attached hydrogen (secondary N) is 1. The summed E-state index contributed by atoms with van der Waals surface area (Å²) in [5, 5.41) is 0.232. The number of hydrogen-bond donors (Lipinski definition) is 2. The average Bonchev–Trinajstić information content (AvgIpc) is 2.55. The summed E-state index contributed by atoms with van der Waals surface area (Å²) >= 11 is 0.944. The van der Waals surface area contributed by atoms with E-state index in [9.17, 15) is 12.6 Å². The molecule has 0 fully saturated rings. The standard InChI is InChI=1S/C9H17N3O3S3/c1-6(4-5-17(3)13)12-18(14,15)8-7(2)11-9(10)16-8/h6,12H,4-5H2,1-3H3,(H2,10,11). The SMILES string of the molecule is Cc1nc(N)sc1S(=O)(=O)NC(C)CCS(C)=O. The first-order chi connectivity index (χ1) is 8.22. The number of nitrogens with two attached hydrogens (primary N) is 1. The molecule has 3 N–H and O–H groups in total. The Morgan fingerprint density at radius 3 is 2.61 bits per heavy atom. The summed E-state index contributed by atoms with van der Waals surface area (Å²) in [6.45, 7) is 3.34. The number of nitrogens with zero attached hydrogens (tertiary/aromatic N) is 1. The van der Waals surface area contributed by atoms with Gasteiger partial charge in [-0.15, -0.1) is 0 Å². The molecule has 0 spiro atoms. The highest BCUT2D eigenvalue weighted by atomic mass is 32.2. The molecule has 18 heavy (non-hydrogen) atoms. The van der Waals surface area contributed by atoms with Gasteiger partial charge >= 0.3 is 0 Å². The summed E-state index contributed by atoms with van der Waals surface area (Å²) in [5.41, 5.74) is 5.88. The van der Waals surface area contributed by atoms with Crippen molar-refractivity contribution in [1.82, 2.24) is 9.71 Å². The van der Waals surface area contributed by atoms with E-state index in [1.54, 1.807) is 20.1 Å². The zero-order chi connectivity index (χ0) is 13.9. The van der Waals surface area contributed by atoms with E-state index in [1.165, 1.54) is 0 Å². The molecule has 0 bridgehead atoms. The van der Waals surface area contributed by atoms with Gasteiger partial charge in [0.1, 0.15) is 0 Å². The van der Waals surface area contributed by atoms with Crippen LogP contribution in [0.2, 0.25) is 0 Å². The summed E-state index contributed by atoms with van der Waals surface area (Å²) in [7, 11) is -4.51. The average molecular weight is 311 g/mol. The van der Waals surface area contributed by atoms with Crippen molar-refractivity contribution in [3.8, 4) is 0 Å². The molecule has 104 valence electrons. The van der Waals surface area contributed by atoms with Crippen LogP contribution in [0.5, 0.6) is 0 Å². The topological polar surface area (TPSA) is 102 Å². The highest BCUT2D eigenvalue weighted by molar-refractivity contribution is 7.91. The van der Waals surface area contributed by atoms with Gasteiger partial charge in [0, 0.05) is 28.9 Å². The molecule has 0 saturated carbocycles. The van der Waals surface area contributed by atoms with Crippen LogP contribution < -0.4 is 10.5 Å². The normalized spacial score (nSPS) is 15.5. The Kier molecular flexibility index (Phi) is 5.26. The van der Waals surface area contributed by atoms with Crippen LogP contribution in [-0.2, 0) is 20.8 Å². The van der Waals surface area contributed by atoms with Crippen molar-refractivity contribution in [2.24, 2.45) is 0 Å². The zero-order valence-corrected chi connectivity index (χ0v) is 12.9. The summed E-state index contributed by atoms with van der Waals surface area (Å²) < 4.78 is 37.7. The van der Waals surface area contributed by atoms with Crippen LogP contribution in [0.1, 0.15) is 19.0 Å². The second-order valence-corrected chi connectivity index (χ2v) is 8.51. The molecular weight excluding hydrogens is 294 g/mol. The number of nitrogen functional groups attached to an aromatic ring is 1. The van der Waals surface area contributed by atoms with Gasteiger partial charge in [0.2, 0.25) is 0 Å². The Labute approximate surface area is 114 Å². The van der Waals surface area contributed by atoms with E-state index in [-0.39, 0.29) is 15.4 Å². The minimum atomic E-state index is -3.59. The van der Waals surface area contributed by atoms with E-state index in [2.05, 4.69) is 9.71 Å². The van der Waals surface area contributed by atoms with Gasteiger partial charge in [0.05, 0.1) is 5.69 Å². The third-order valence-corrected chi connectivity index (χ3v) is 6.21. The highest BCUT2D eigenvalue weighted by Crippen LogP contribution is 2.24. The molecule has 6 nitrogen and oxygen atoms in total. The molecule has 2 atom stereocenters. The second kappa shape index (κ2) is 6.09. The maximum Gasteiger partial charge on any atom is 0.252 e. The van der Waals surface area contributed by atoms with Crippen LogP contribution in [-0.4, -0.2) is 35.7 Å². The molecule has 1 heterocycles. The van der Waals surface area contributed by atoms with Crippen molar-refractivity contribution < 1.29 is 12.6 Å². The molecule has 0 saturated heterocycles. The van der Waals surface area contributed by atoms with E-state index in [1.807, 2.05) is 0 Å². The predicted octanol–water partition coefficient (Wildman–Crippen LogP) is 0.469. The fourth-order valence-corrected chi connectivity index (χ4v) is 4.65. The molecule has 0 radical (unpaired) electrons. The van der Waals surface area contributed by atoms with Crippen molar-refractivity contribution in [3.05, 3.63) is 5.69 Å². The fraction of sp³-hybridized carbons (Fsp3) is 0.667. The summed E-state index contributed by atoms with van der Waals surface area (Å²) in [4.78, 5) is 3.89. The lowest BCUT2D eigenvalue weighted by molar-refractivity contribution is 0.557. The Hall–Kier alpha value is -0.510. The zero-order valence-electron chi connectivity index (χ0n) is 10.5. The molecule has 0 aromatic carbocycles. The van der Waals surface area contributed by atoms with E-state index in [4.69, 9.17) is 5.73 Å². The van der Waals surface area contributed by atoms with Gasteiger partial charge in [-0.05, 0) is 20.3 Å². The van der Waals surface area contributed by atoms with Crippen LogP contribution >= 0.6 is 11.3 Å². The largest absolute Gasteiger partial charge is 0.375 e. The van der Waals surface area contributed by atoms with Crippen LogP contribution in [0.15, 0.2) is 4.21 Å². The molecule has 0 aliphatic heterocycles. The summed E-state index contributed by atoms with van der Waals surface area (Å²) in [6, 6.07) is -0.276. The Morgan fingerprint density at radius 2 is 2.17 bits per heavy atom. The molecule has 2 unspecified atom stereocenters. The number of aryl methyl sites for hydroxylation is 1. The first-order valence-electron chi connectivity index (χ1n) is 5.27. The van der Waals surface area contributed by atoms with Gasteiger partial charge in [0.25, 0.3) is 10.0 Å². The maximum absolute atomic E-state index is 12.0. The first-order valence-corrected chi connectivity index (χ1v) is 9.30. The highest BCUT2D eigenvalue weighted by Gasteiger charge is 2.23. The number of aromatic nitrogens is 1. The van der Waals surface area contributed by atoms with Crippen molar-refractivity contribution in [3.63, 3.8) is 0 Å². The minimum absolute atomic E-state index is 0.143. The lowest BCUT2D eigenvalue weighted by Crippen LogP contribution is -2.33. The second-order valence-electron chi connectivity index (χ2n) is 4.01. The van der Waals surface area contributed by atoms with Crippen molar-refractivity contribution >= 4 is 37.3 Å². The van der Waals surface area contributed by atoms with Gasteiger partial charge in [0.15, 0.2) is 9.34 Å². The van der Waals surface area contributed by atoms with Crippen LogP contribution in [0.25, 0.3) is 0 Å². The monoisotopic (exact) mass is 311 g/mol. The third kappa shape index (κ3) is 4.30. The van der Waals surface area contributed by atoms with Crippen LogP contribution in [0.4, 0.5) is 5.13 Å². The smallest absolute Gasteiger partial charge is 0.252 e. The van der Waals surface area contributed by atoms with Crippen LogP contribution in [0, 0.1) is 6.92 Å². The summed E-state index contributed by atoms with van der Waals surface area (Å²) in [6.07, 6.45) is 2.12. The molecule has 0 aliphatic rings. The molecule has 0 aliphatic carbocycles. The minimum Gasteiger partial charge on any atom is -0.375 e. The van der Waals surface area contributed by atoms with Gasteiger partial charge in [-0.2, -0.15) is 0 Å². The van der Waals surface area contributed by atoms with Crippen molar-refractivity contribution in [1.29, 1.82) is 0 Å². The molecule has 0 amide bonds. The van der Waals surface area contributed by atoms with Gasteiger partial charge < -0.3 is 5.73 Å². The van der Waals surface area contributed by atoms with Gasteiger partial charge in [-0.25, -0.2) is 18.1 Å². The maximum atomic E-state index is 12.0. The Morgan fingerprint density at radius 1 is 1.56 bits per heavy atom. The molecule has 9 heteroatoms.